The number of aromatic nitrogens is 2. The van der Waals surface area contributed by atoms with Crippen LogP contribution in [0.25, 0.3) is 41.6 Å². The number of hydrogen-bond acceptors (Lipinski definition) is 4. The van der Waals surface area contributed by atoms with Crippen LogP contribution in [0.5, 0.6) is 11.5 Å². The molecular weight excluding hydrogens is 515 g/mol. The third-order valence-electron chi connectivity index (χ3n) is 6.04. The van der Waals surface area contributed by atoms with Crippen molar-refractivity contribution < 1.29 is 14.8 Å². The van der Waals surface area contributed by atoms with Crippen molar-refractivity contribution in [1.29, 1.82) is 0 Å². The fraction of sp³-hybridized carbons (Fsp3) is 0. The van der Waals surface area contributed by atoms with E-state index in [2.05, 4.69) is 92.1 Å². The van der Waals surface area contributed by atoms with E-state index in [-0.39, 0.29) is 0 Å². The molecule has 0 saturated carbocycles. The zero-order chi connectivity index (χ0) is 21.6. The van der Waals surface area contributed by atoms with Crippen molar-refractivity contribution in [2.45, 2.75) is 0 Å². The molecule has 4 heterocycles. The zero-order valence-electron chi connectivity index (χ0n) is 17.2. The van der Waals surface area contributed by atoms with Crippen LogP contribution in [0.1, 0.15) is 0 Å². The van der Waals surface area contributed by atoms with Gasteiger partial charge in [-0.1, -0.05) is 0 Å². The fourth-order valence-electron chi connectivity index (χ4n) is 4.63. The second kappa shape index (κ2) is 6.43. The summed E-state index contributed by atoms with van der Waals surface area (Å²) in [6, 6.07) is 33.8. The summed E-state index contributed by atoms with van der Waals surface area (Å²) < 4.78 is 21.4. The van der Waals surface area contributed by atoms with Gasteiger partial charge >= 0.3 is 202 Å². The maximum atomic E-state index is 7.08. The minimum absolute atomic E-state index is 0.886. The molecule has 0 unspecified atom stereocenters. The number of hydrogen-bond donors (Lipinski definition) is 0. The van der Waals surface area contributed by atoms with Crippen LogP contribution in [0.4, 0.5) is 0 Å². The van der Waals surface area contributed by atoms with Gasteiger partial charge in [0, 0.05) is 0 Å². The standard InChI is InChI=1S/C26H16N2O2S2Se/c1-5-13-21-17(9-1)25-27(19-11-3-7-15-23(19)31-25)33(29-21)28-20-12-4-8-16-24(20)32-26(28)18-10-2-6-14-22(18)30-33/h1-16H/q+2. The summed E-state index contributed by atoms with van der Waals surface area (Å²) in [5, 5.41) is 2.37. The Morgan fingerprint density at radius 2 is 0.939 bits per heavy atom. The number of thiazole rings is 2. The Balaban J connectivity index is 1.58. The van der Waals surface area contributed by atoms with E-state index in [1.165, 1.54) is 19.4 Å². The molecule has 0 N–H and O–H groups in total. The molecule has 2 aliphatic rings. The zero-order valence-corrected chi connectivity index (χ0v) is 20.5. The minimum atomic E-state index is -3.54. The summed E-state index contributed by atoms with van der Waals surface area (Å²) >= 11 is 0.0697. The van der Waals surface area contributed by atoms with Gasteiger partial charge in [-0.2, -0.15) is 0 Å². The molecular formula is C26H16N2O2S2Se+2. The molecule has 2 aliphatic heterocycles. The van der Waals surface area contributed by atoms with E-state index in [0.29, 0.717) is 0 Å². The van der Waals surface area contributed by atoms with Gasteiger partial charge < -0.3 is 0 Å². The van der Waals surface area contributed by atoms with Gasteiger partial charge in [-0.3, -0.25) is 0 Å². The molecule has 1 spiro atoms. The second-order valence-corrected chi connectivity index (χ2v) is 14.1. The van der Waals surface area contributed by atoms with E-state index >= 15 is 0 Å². The van der Waals surface area contributed by atoms with Crippen LogP contribution in [0.3, 0.4) is 0 Å². The van der Waals surface area contributed by atoms with Gasteiger partial charge in [-0.25, -0.2) is 0 Å². The first-order chi connectivity index (χ1) is 16.3. The van der Waals surface area contributed by atoms with E-state index in [1.807, 2.05) is 12.1 Å². The number of fused-ring (bicyclic) bond motifs is 12. The average molecular weight is 532 g/mol. The second-order valence-electron chi connectivity index (χ2n) is 7.95. The third kappa shape index (κ3) is 2.30. The Kier molecular flexibility index (Phi) is 3.55. The van der Waals surface area contributed by atoms with Crippen LogP contribution in [0.2, 0.25) is 0 Å². The van der Waals surface area contributed by atoms with Crippen LogP contribution in [0.15, 0.2) is 97.1 Å². The normalized spacial score (nSPS) is 15.8. The predicted molar refractivity (Wildman–Crippen MR) is 133 cm³/mol. The van der Waals surface area contributed by atoms with Crippen LogP contribution in [-0.2, 0) is 0 Å². The van der Waals surface area contributed by atoms with Gasteiger partial charge in [0.1, 0.15) is 0 Å². The summed E-state index contributed by atoms with van der Waals surface area (Å²) in [6.07, 6.45) is 0. The molecule has 0 bridgehead atoms. The summed E-state index contributed by atoms with van der Waals surface area (Å²) in [5.41, 5.74) is 4.54. The molecule has 0 aliphatic carbocycles. The molecule has 2 aromatic heterocycles. The van der Waals surface area contributed by atoms with E-state index < -0.39 is 13.9 Å². The molecule has 33 heavy (non-hydrogen) atoms. The van der Waals surface area contributed by atoms with Crippen molar-refractivity contribution in [1.82, 2.24) is 0 Å². The molecule has 158 valence electrons. The predicted octanol–water partition coefficient (Wildman–Crippen LogP) is 5.64. The first-order valence-electron chi connectivity index (χ1n) is 10.6. The van der Waals surface area contributed by atoms with Gasteiger partial charge in [0.2, 0.25) is 0 Å². The van der Waals surface area contributed by atoms with Crippen LogP contribution in [-0.4, -0.2) is 13.9 Å². The van der Waals surface area contributed by atoms with Crippen molar-refractivity contribution in [2.75, 3.05) is 0 Å². The number of rotatable bonds is 0. The van der Waals surface area contributed by atoms with Crippen molar-refractivity contribution >= 4 is 57.0 Å². The van der Waals surface area contributed by atoms with Crippen molar-refractivity contribution in [3.8, 4) is 32.6 Å². The van der Waals surface area contributed by atoms with Crippen molar-refractivity contribution in [3.05, 3.63) is 97.1 Å². The van der Waals surface area contributed by atoms with E-state index in [1.54, 1.807) is 22.7 Å². The van der Waals surface area contributed by atoms with Gasteiger partial charge in [-0.15, -0.1) is 0 Å². The fourth-order valence-corrected chi connectivity index (χ4v) is 14.1. The van der Waals surface area contributed by atoms with E-state index in [4.69, 9.17) is 7.64 Å². The Morgan fingerprint density at radius 1 is 0.515 bits per heavy atom. The molecule has 4 nitrogen and oxygen atoms in total. The van der Waals surface area contributed by atoms with E-state index in [9.17, 15) is 0 Å². The Hall–Kier alpha value is -3.22. The number of nitrogens with zero attached hydrogens (tertiary/aromatic N) is 2. The molecule has 6 aromatic rings. The number of benzene rings is 4. The first kappa shape index (κ1) is 18.2. The molecule has 4 aromatic carbocycles. The van der Waals surface area contributed by atoms with E-state index in [0.717, 1.165) is 33.7 Å². The molecule has 7 heteroatoms. The van der Waals surface area contributed by atoms with Crippen LogP contribution < -0.4 is 14.8 Å². The Bertz CT molecular complexity index is 1630. The summed E-state index contributed by atoms with van der Waals surface area (Å²) in [4.78, 5) is 0. The maximum absolute atomic E-state index is 7.08. The average Bonchev–Trinajstić information content (AvgIpc) is 3.45. The van der Waals surface area contributed by atoms with Gasteiger partial charge in [0.15, 0.2) is 0 Å². The van der Waals surface area contributed by atoms with Crippen LogP contribution >= 0.6 is 22.7 Å². The molecule has 0 fully saturated rings. The Labute approximate surface area is 200 Å². The molecule has 8 rings (SSSR count). The Morgan fingerprint density at radius 3 is 1.45 bits per heavy atom. The molecule has 0 amide bonds. The van der Waals surface area contributed by atoms with Gasteiger partial charge in [0.25, 0.3) is 0 Å². The van der Waals surface area contributed by atoms with Crippen molar-refractivity contribution in [3.63, 3.8) is 0 Å². The van der Waals surface area contributed by atoms with Gasteiger partial charge in [-0.05, 0) is 0 Å². The topological polar surface area (TPSA) is 26.2 Å². The SMILES string of the molecule is c1ccc2c(c1)O[Se]1(Oc3ccccc3-c3sc4ccccc4[n+]31)[n+]1c-2sc2ccccc21. The van der Waals surface area contributed by atoms with Gasteiger partial charge in [0.05, 0.1) is 0 Å². The molecule has 0 saturated heterocycles. The number of para-hydroxylation sites is 4. The monoisotopic (exact) mass is 532 g/mol. The van der Waals surface area contributed by atoms with Crippen molar-refractivity contribution in [2.24, 2.45) is 0 Å². The first-order valence-corrected chi connectivity index (χ1v) is 15.2. The quantitative estimate of drug-likeness (QED) is 0.237. The van der Waals surface area contributed by atoms with Crippen LogP contribution in [0, 0.1) is 0 Å². The molecule has 0 atom stereocenters. The summed E-state index contributed by atoms with van der Waals surface area (Å²) in [5.74, 6) is 1.77. The third-order valence-corrected chi connectivity index (χ3v) is 14.1. The summed E-state index contributed by atoms with van der Waals surface area (Å²) in [6.45, 7) is 0. The summed E-state index contributed by atoms with van der Waals surface area (Å²) in [7, 11) is 0. The molecule has 0 radical (unpaired) electrons.